The molecule has 0 aliphatic carbocycles. The molecule has 2 aromatic heterocycles. The molecule has 1 unspecified atom stereocenters. The number of hydrogen-bond acceptors (Lipinski definition) is 6. The van der Waals surface area contributed by atoms with Crippen LogP contribution in [0.15, 0.2) is 67.0 Å². The van der Waals surface area contributed by atoms with Crippen molar-refractivity contribution in [3.05, 3.63) is 83.8 Å². The topological polar surface area (TPSA) is 84.7 Å². The van der Waals surface area contributed by atoms with Crippen molar-refractivity contribution in [2.24, 2.45) is 0 Å². The molecule has 29 heavy (non-hydrogen) atoms. The van der Waals surface area contributed by atoms with Gasteiger partial charge in [0.15, 0.2) is 11.5 Å². The monoisotopic (exact) mass is 386 g/mol. The number of phenols is 1. The Morgan fingerprint density at radius 3 is 2.62 bits per heavy atom. The Bertz CT molecular complexity index is 1210. The van der Waals surface area contributed by atoms with Crippen LogP contribution in [-0.2, 0) is 6.42 Å². The zero-order chi connectivity index (χ0) is 19.8. The van der Waals surface area contributed by atoms with E-state index in [2.05, 4.69) is 9.97 Å². The largest absolute Gasteiger partial charge is 0.506 e. The van der Waals surface area contributed by atoms with E-state index >= 15 is 0 Å². The van der Waals surface area contributed by atoms with Gasteiger partial charge >= 0.3 is 0 Å². The number of pyridine rings is 2. The lowest BCUT2D eigenvalue weighted by molar-refractivity contribution is 0.174. The van der Waals surface area contributed by atoms with E-state index in [4.69, 9.17) is 9.47 Å². The highest BCUT2D eigenvalue weighted by molar-refractivity contribution is 5.85. The van der Waals surface area contributed by atoms with E-state index in [9.17, 15) is 10.2 Å². The zero-order valence-electron chi connectivity index (χ0n) is 15.4. The van der Waals surface area contributed by atoms with Crippen LogP contribution in [0.25, 0.3) is 10.9 Å². The van der Waals surface area contributed by atoms with Crippen LogP contribution in [0.1, 0.15) is 22.7 Å². The first kappa shape index (κ1) is 17.3. The molecule has 1 aliphatic rings. The van der Waals surface area contributed by atoms with Gasteiger partial charge < -0.3 is 19.7 Å². The number of aromatic nitrogens is 2. The number of ether oxygens (including phenoxy) is 2. The van der Waals surface area contributed by atoms with Gasteiger partial charge in [-0.25, -0.2) is 0 Å². The second-order valence-corrected chi connectivity index (χ2v) is 6.92. The summed E-state index contributed by atoms with van der Waals surface area (Å²) in [7, 11) is 0. The van der Waals surface area contributed by atoms with Gasteiger partial charge in [-0.15, -0.1) is 0 Å². The maximum atomic E-state index is 11.0. The van der Waals surface area contributed by atoms with Crippen molar-refractivity contribution in [3.63, 3.8) is 0 Å². The van der Waals surface area contributed by atoms with Crippen molar-refractivity contribution < 1.29 is 19.7 Å². The predicted molar refractivity (Wildman–Crippen MR) is 107 cm³/mol. The van der Waals surface area contributed by atoms with Crippen LogP contribution in [0.2, 0.25) is 0 Å². The molecule has 0 amide bonds. The molecule has 4 aromatic rings. The summed E-state index contributed by atoms with van der Waals surface area (Å²) in [6.07, 6.45) is 3.71. The van der Waals surface area contributed by atoms with Crippen LogP contribution in [0, 0.1) is 0 Å². The number of rotatable bonds is 4. The van der Waals surface area contributed by atoms with Crippen molar-refractivity contribution in [3.8, 4) is 23.0 Å². The van der Waals surface area contributed by atoms with Crippen molar-refractivity contribution in [2.75, 3.05) is 6.79 Å². The molecular weight excluding hydrogens is 368 g/mol. The first-order chi connectivity index (χ1) is 14.2. The molecule has 1 aliphatic heterocycles. The third-order valence-electron chi connectivity index (χ3n) is 5.22. The van der Waals surface area contributed by atoms with Crippen LogP contribution in [-0.4, -0.2) is 27.0 Å². The molecule has 144 valence electrons. The molecule has 0 bridgehead atoms. The van der Waals surface area contributed by atoms with E-state index in [-0.39, 0.29) is 24.2 Å². The number of phenolic OH excluding ortho intramolecular Hbond substituents is 1. The summed E-state index contributed by atoms with van der Waals surface area (Å²) in [6.45, 7) is 0.190. The lowest BCUT2D eigenvalue weighted by Crippen LogP contribution is -2.07. The van der Waals surface area contributed by atoms with Crippen LogP contribution >= 0.6 is 0 Å². The second-order valence-electron chi connectivity index (χ2n) is 6.92. The van der Waals surface area contributed by atoms with E-state index in [1.54, 1.807) is 24.5 Å². The molecule has 2 aromatic carbocycles. The molecule has 5 rings (SSSR count). The predicted octanol–water partition coefficient (Wildman–Crippen LogP) is 4.14. The van der Waals surface area contributed by atoms with E-state index in [1.165, 1.54) is 0 Å². The summed E-state index contributed by atoms with van der Waals surface area (Å²) in [5.41, 5.74) is 2.72. The minimum absolute atomic E-state index is 0.122. The first-order valence-electron chi connectivity index (χ1n) is 9.29. The highest BCUT2D eigenvalue weighted by Crippen LogP contribution is 2.41. The van der Waals surface area contributed by atoms with E-state index in [0.717, 1.165) is 10.9 Å². The fraction of sp³-hybridized carbons (Fsp3) is 0.130. The summed E-state index contributed by atoms with van der Waals surface area (Å²) in [5.74, 6) is 1.34. The van der Waals surface area contributed by atoms with Crippen LogP contribution in [0.3, 0.4) is 0 Å². The summed E-state index contributed by atoms with van der Waals surface area (Å²) < 4.78 is 11.0. The lowest BCUT2D eigenvalue weighted by atomic mass is 9.85. The van der Waals surface area contributed by atoms with Crippen molar-refractivity contribution >= 4 is 10.9 Å². The summed E-state index contributed by atoms with van der Waals surface area (Å²) in [4.78, 5) is 8.67. The number of aromatic hydroxyl groups is 2. The molecule has 2 N–H and O–H groups in total. The van der Waals surface area contributed by atoms with Gasteiger partial charge in [0.25, 0.3) is 0 Å². The molecule has 1 atom stereocenters. The van der Waals surface area contributed by atoms with E-state index < -0.39 is 0 Å². The Morgan fingerprint density at radius 2 is 1.72 bits per heavy atom. The number of hydrogen-bond donors (Lipinski definition) is 2. The normalized spacial score (nSPS) is 13.5. The van der Waals surface area contributed by atoms with Crippen LogP contribution < -0.4 is 9.47 Å². The molecular formula is C23H18N2O4. The lowest BCUT2D eigenvalue weighted by Gasteiger charge is -2.20. The van der Waals surface area contributed by atoms with Gasteiger partial charge in [-0.1, -0.05) is 24.3 Å². The fourth-order valence-electron chi connectivity index (χ4n) is 3.74. The van der Waals surface area contributed by atoms with Gasteiger partial charge in [-0.2, -0.15) is 0 Å². The quantitative estimate of drug-likeness (QED) is 0.548. The first-order valence-corrected chi connectivity index (χ1v) is 9.29. The summed E-state index contributed by atoms with van der Waals surface area (Å²) in [6, 6.07) is 16.6. The average Bonchev–Trinajstić information content (AvgIpc) is 3.22. The minimum Gasteiger partial charge on any atom is -0.506 e. The van der Waals surface area contributed by atoms with E-state index in [1.807, 2.05) is 42.5 Å². The smallest absolute Gasteiger partial charge is 0.231 e. The van der Waals surface area contributed by atoms with Gasteiger partial charge in [0.05, 0.1) is 5.69 Å². The van der Waals surface area contributed by atoms with E-state index in [0.29, 0.717) is 34.7 Å². The van der Waals surface area contributed by atoms with Gasteiger partial charge in [-0.05, 0) is 35.9 Å². The molecule has 0 saturated heterocycles. The van der Waals surface area contributed by atoms with Gasteiger partial charge in [-0.3, -0.25) is 9.97 Å². The van der Waals surface area contributed by atoms with Gasteiger partial charge in [0.2, 0.25) is 6.79 Å². The van der Waals surface area contributed by atoms with Crippen LogP contribution in [0.5, 0.6) is 23.0 Å². The van der Waals surface area contributed by atoms with Gasteiger partial charge in [0, 0.05) is 35.7 Å². The maximum Gasteiger partial charge on any atom is 0.231 e. The van der Waals surface area contributed by atoms with Crippen molar-refractivity contribution in [2.45, 2.75) is 12.3 Å². The van der Waals surface area contributed by atoms with Crippen molar-refractivity contribution in [1.82, 2.24) is 9.97 Å². The number of nitrogens with zero attached hydrogens (tertiary/aromatic N) is 2. The third-order valence-corrected chi connectivity index (χ3v) is 5.22. The molecule has 0 saturated carbocycles. The molecule has 0 spiro atoms. The highest BCUT2D eigenvalue weighted by atomic mass is 16.7. The Labute approximate surface area is 167 Å². The van der Waals surface area contributed by atoms with Gasteiger partial charge in [0.1, 0.15) is 17.0 Å². The Kier molecular flexibility index (Phi) is 4.17. The maximum absolute atomic E-state index is 11.0. The fourth-order valence-corrected chi connectivity index (χ4v) is 3.74. The Balaban J connectivity index is 1.66. The summed E-state index contributed by atoms with van der Waals surface area (Å²) in [5, 5.41) is 22.1. The standard InChI is InChI=1S/C23H18N2O4/c26-19-4-2-9-24-18(19)12-17(15-6-8-20-21(11-15)29-13-28-20)16-7-5-14-3-1-10-25-22(14)23(16)27/h1-11,17,26-27H,12-13H2. The molecule has 0 radical (unpaired) electrons. The van der Waals surface area contributed by atoms with Crippen molar-refractivity contribution in [1.29, 1.82) is 0 Å². The molecule has 3 heterocycles. The third kappa shape index (κ3) is 3.08. The van der Waals surface area contributed by atoms with Crippen LogP contribution in [0.4, 0.5) is 0 Å². The molecule has 6 nitrogen and oxygen atoms in total. The second kappa shape index (κ2) is 6.98. The zero-order valence-corrected chi connectivity index (χ0v) is 15.4. The number of benzene rings is 2. The average molecular weight is 386 g/mol. The Hall–Kier alpha value is -3.80. The SMILES string of the molecule is Oc1cccnc1CC(c1ccc2c(c1)OCO2)c1ccc2cccnc2c1O. The summed E-state index contributed by atoms with van der Waals surface area (Å²) >= 11 is 0. The highest BCUT2D eigenvalue weighted by Gasteiger charge is 2.24. The Morgan fingerprint density at radius 1 is 0.897 bits per heavy atom. The number of fused-ring (bicyclic) bond motifs is 2. The molecule has 6 heteroatoms. The molecule has 0 fully saturated rings. The minimum atomic E-state index is -0.267.